The number of amides is 1. The van der Waals surface area contributed by atoms with Crippen LogP contribution in [-0.2, 0) is 11.3 Å². The minimum atomic E-state index is -0.0396. The van der Waals surface area contributed by atoms with E-state index in [1.54, 1.807) is 7.11 Å². The van der Waals surface area contributed by atoms with Gasteiger partial charge in [-0.25, -0.2) is 0 Å². The van der Waals surface area contributed by atoms with E-state index < -0.39 is 0 Å². The molecule has 1 rings (SSSR count). The molecule has 0 spiro atoms. The molecule has 1 N–H and O–H groups in total. The number of hydrogen-bond donors (Lipinski definition) is 1. The van der Waals surface area contributed by atoms with Crippen LogP contribution in [0.2, 0.25) is 0 Å². The highest BCUT2D eigenvalue weighted by Crippen LogP contribution is 2.28. The van der Waals surface area contributed by atoms with Crippen molar-refractivity contribution in [3.05, 3.63) is 23.8 Å². The molecular weight excluding hydrogens is 310 g/mol. The highest BCUT2D eigenvalue weighted by Gasteiger charge is 2.06. The predicted octanol–water partition coefficient (Wildman–Crippen LogP) is 2.89. The molecule has 5 heteroatoms. The topological polar surface area (TPSA) is 47.6 Å². The Hall–Kier alpha value is -1.23. The number of hydrogen-bond acceptors (Lipinski definition) is 3. The number of unbranched alkanes of at least 4 members (excludes halogenated alkanes) is 1. The van der Waals surface area contributed by atoms with Gasteiger partial charge in [-0.2, -0.15) is 0 Å². The largest absolute Gasteiger partial charge is 0.493 e. The molecule has 1 amide bonds. The summed E-state index contributed by atoms with van der Waals surface area (Å²) < 4.78 is 11.0. The molecule has 0 unspecified atom stereocenters. The Morgan fingerprint density at radius 3 is 2.79 bits per heavy atom. The molecule has 0 heterocycles. The van der Waals surface area contributed by atoms with E-state index in [9.17, 15) is 4.79 Å². The fourth-order valence-electron chi connectivity index (χ4n) is 1.52. The molecule has 1 aromatic carbocycles. The second-order valence-electron chi connectivity index (χ2n) is 4.10. The van der Waals surface area contributed by atoms with E-state index in [1.807, 2.05) is 18.2 Å². The van der Waals surface area contributed by atoms with E-state index in [-0.39, 0.29) is 5.91 Å². The summed E-state index contributed by atoms with van der Waals surface area (Å²) in [4.78, 5) is 11.2. The third kappa shape index (κ3) is 5.51. The molecule has 0 fully saturated rings. The van der Waals surface area contributed by atoms with Crippen molar-refractivity contribution in [2.24, 2.45) is 0 Å². The fourth-order valence-corrected chi connectivity index (χ4v) is 1.71. The van der Waals surface area contributed by atoms with Gasteiger partial charge in [0.2, 0.25) is 5.91 Å². The van der Waals surface area contributed by atoms with Gasteiger partial charge in [-0.1, -0.05) is 35.3 Å². The van der Waals surface area contributed by atoms with Crippen LogP contribution in [0.25, 0.3) is 0 Å². The van der Waals surface area contributed by atoms with Crippen molar-refractivity contribution in [2.45, 2.75) is 26.3 Å². The molecule has 0 aliphatic carbocycles. The number of halogens is 1. The lowest BCUT2D eigenvalue weighted by Crippen LogP contribution is -2.23. The second-order valence-corrected chi connectivity index (χ2v) is 4.66. The molecule has 106 valence electrons. The first kappa shape index (κ1) is 15.8. The summed E-state index contributed by atoms with van der Waals surface area (Å²) in [5.74, 6) is 1.40. The maximum Gasteiger partial charge on any atom is 0.230 e. The van der Waals surface area contributed by atoms with Gasteiger partial charge in [-0.3, -0.25) is 4.79 Å². The first-order valence-electron chi connectivity index (χ1n) is 6.33. The zero-order valence-electron chi connectivity index (χ0n) is 11.4. The lowest BCUT2D eigenvalue weighted by atomic mass is 10.2. The van der Waals surface area contributed by atoms with Gasteiger partial charge in [-0.05, 0) is 24.1 Å². The second kappa shape index (κ2) is 8.80. The van der Waals surface area contributed by atoms with Gasteiger partial charge in [0.1, 0.15) is 0 Å². The first-order valence-corrected chi connectivity index (χ1v) is 7.45. The van der Waals surface area contributed by atoms with E-state index in [1.165, 1.54) is 0 Å². The summed E-state index contributed by atoms with van der Waals surface area (Å²) in [7, 11) is 1.61. The Balaban J connectivity index is 2.64. The minimum absolute atomic E-state index is 0.0396. The number of carbonyl (C=O) groups is 1. The first-order chi connectivity index (χ1) is 9.21. The smallest absolute Gasteiger partial charge is 0.230 e. The maximum atomic E-state index is 11.2. The molecule has 19 heavy (non-hydrogen) atoms. The fraction of sp³-hybridized carbons (Fsp3) is 0.500. The van der Waals surface area contributed by atoms with Gasteiger partial charge in [0.15, 0.2) is 11.5 Å². The van der Waals surface area contributed by atoms with Crippen molar-refractivity contribution in [3.8, 4) is 11.5 Å². The molecule has 0 saturated heterocycles. The van der Waals surface area contributed by atoms with Crippen LogP contribution in [0, 0.1) is 0 Å². The average Bonchev–Trinajstić information content (AvgIpc) is 2.45. The number of alkyl halides is 1. The normalized spacial score (nSPS) is 10.1. The van der Waals surface area contributed by atoms with Crippen LogP contribution in [0.5, 0.6) is 11.5 Å². The zero-order valence-corrected chi connectivity index (χ0v) is 13.0. The van der Waals surface area contributed by atoms with Crippen molar-refractivity contribution in [1.82, 2.24) is 5.32 Å². The number of benzene rings is 1. The molecule has 1 aromatic rings. The Bertz CT molecular complexity index is 410. The third-order valence-corrected chi connectivity index (χ3v) is 3.10. The van der Waals surface area contributed by atoms with E-state index in [2.05, 4.69) is 28.2 Å². The Kier molecular flexibility index (Phi) is 7.33. The molecular formula is C14H20BrNO3. The van der Waals surface area contributed by atoms with E-state index in [0.717, 1.165) is 24.2 Å². The standard InChI is InChI=1S/C14H20BrNO3/c1-3-4-7-19-12-6-5-11(8-13(12)18-2)10-16-14(17)9-15/h5-6,8H,3-4,7,9-10H2,1-2H3,(H,16,17). The highest BCUT2D eigenvalue weighted by atomic mass is 79.9. The molecule has 0 atom stereocenters. The van der Waals surface area contributed by atoms with Crippen LogP contribution in [0.3, 0.4) is 0 Å². The summed E-state index contributed by atoms with van der Waals surface area (Å²) in [5, 5.41) is 3.10. The van der Waals surface area contributed by atoms with Crippen LogP contribution in [0.1, 0.15) is 25.3 Å². The van der Waals surface area contributed by atoms with Gasteiger partial charge in [-0.15, -0.1) is 0 Å². The van der Waals surface area contributed by atoms with Crippen molar-refractivity contribution in [3.63, 3.8) is 0 Å². The molecule has 0 aliphatic rings. The quantitative estimate of drug-likeness (QED) is 0.589. The van der Waals surface area contributed by atoms with E-state index in [4.69, 9.17) is 9.47 Å². The van der Waals surface area contributed by atoms with Gasteiger partial charge >= 0.3 is 0 Å². The number of carbonyl (C=O) groups excluding carboxylic acids is 1. The minimum Gasteiger partial charge on any atom is -0.493 e. The van der Waals surface area contributed by atoms with Crippen LogP contribution >= 0.6 is 15.9 Å². The van der Waals surface area contributed by atoms with Crippen LogP contribution in [0.4, 0.5) is 0 Å². The molecule has 4 nitrogen and oxygen atoms in total. The van der Waals surface area contributed by atoms with Crippen molar-refractivity contribution in [2.75, 3.05) is 19.0 Å². The molecule has 0 radical (unpaired) electrons. The van der Waals surface area contributed by atoms with Crippen LogP contribution in [0.15, 0.2) is 18.2 Å². The molecule has 0 bridgehead atoms. The molecule has 0 aliphatic heterocycles. The Labute approximate surface area is 122 Å². The Morgan fingerprint density at radius 2 is 2.16 bits per heavy atom. The highest BCUT2D eigenvalue weighted by molar-refractivity contribution is 9.09. The number of nitrogens with one attached hydrogen (secondary N) is 1. The lowest BCUT2D eigenvalue weighted by molar-refractivity contribution is -0.118. The summed E-state index contributed by atoms with van der Waals surface area (Å²) in [5.41, 5.74) is 0.981. The lowest BCUT2D eigenvalue weighted by Gasteiger charge is -2.12. The summed E-state index contributed by atoms with van der Waals surface area (Å²) in [6, 6.07) is 5.69. The SMILES string of the molecule is CCCCOc1ccc(CNC(=O)CBr)cc1OC. The van der Waals surface area contributed by atoms with Crippen LogP contribution in [-0.4, -0.2) is 25.0 Å². The predicted molar refractivity (Wildman–Crippen MR) is 79.0 cm³/mol. The maximum absolute atomic E-state index is 11.2. The Morgan fingerprint density at radius 1 is 1.37 bits per heavy atom. The van der Waals surface area contributed by atoms with Gasteiger partial charge < -0.3 is 14.8 Å². The molecule has 0 aromatic heterocycles. The monoisotopic (exact) mass is 329 g/mol. The number of ether oxygens (including phenoxy) is 2. The van der Waals surface area contributed by atoms with Crippen molar-refractivity contribution >= 4 is 21.8 Å². The molecule has 0 saturated carbocycles. The van der Waals surface area contributed by atoms with E-state index in [0.29, 0.717) is 24.2 Å². The number of rotatable bonds is 8. The van der Waals surface area contributed by atoms with Gasteiger partial charge in [0.05, 0.1) is 19.0 Å². The number of methoxy groups -OCH3 is 1. The summed E-state index contributed by atoms with van der Waals surface area (Å²) >= 11 is 3.11. The van der Waals surface area contributed by atoms with Crippen molar-refractivity contribution < 1.29 is 14.3 Å². The van der Waals surface area contributed by atoms with E-state index >= 15 is 0 Å². The zero-order chi connectivity index (χ0) is 14.1. The summed E-state index contributed by atoms with van der Waals surface area (Å²) in [6.07, 6.45) is 2.12. The van der Waals surface area contributed by atoms with Gasteiger partial charge in [0, 0.05) is 6.54 Å². The van der Waals surface area contributed by atoms with Gasteiger partial charge in [0.25, 0.3) is 0 Å². The van der Waals surface area contributed by atoms with Crippen molar-refractivity contribution in [1.29, 1.82) is 0 Å². The third-order valence-electron chi connectivity index (χ3n) is 2.59. The average molecular weight is 330 g/mol. The van der Waals surface area contributed by atoms with Crippen LogP contribution < -0.4 is 14.8 Å². The summed E-state index contributed by atoms with van der Waals surface area (Å²) in [6.45, 7) is 3.29.